The minimum Gasteiger partial charge on any atom is -0.458 e. The maximum absolute atomic E-state index is 14.7. The molecule has 1 saturated carbocycles. The van der Waals surface area contributed by atoms with E-state index in [0.717, 1.165) is 34.9 Å². The Labute approximate surface area is 194 Å². The fraction of sp³-hybridized carbons (Fsp3) is 0.423. The molecule has 2 aliphatic heterocycles. The van der Waals surface area contributed by atoms with Crippen molar-refractivity contribution in [2.45, 2.75) is 63.8 Å². The molecule has 0 spiro atoms. The first-order valence-electron chi connectivity index (χ1n) is 11.8. The first kappa shape index (κ1) is 20.3. The van der Waals surface area contributed by atoms with Gasteiger partial charge >= 0.3 is 5.97 Å². The summed E-state index contributed by atoms with van der Waals surface area (Å²) in [6.07, 6.45) is 3.50. The van der Waals surface area contributed by atoms with Crippen LogP contribution in [0.25, 0.3) is 22.3 Å². The third kappa shape index (κ3) is 2.50. The van der Waals surface area contributed by atoms with Gasteiger partial charge in [0.2, 0.25) is 0 Å². The summed E-state index contributed by atoms with van der Waals surface area (Å²) in [6, 6.07) is 2.92. The highest BCUT2D eigenvalue weighted by Crippen LogP contribution is 2.47. The fourth-order valence-corrected chi connectivity index (χ4v) is 6.19. The summed E-state index contributed by atoms with van der Waals surface area (Å²) >= 11 is 0. The number of ether oxygens (including phenoxy) is 1. The van der Waals surface area contributed by atoms with Gasteiger partial charge in [0, 0.05) is 28.6 Å². The molecule has 8 heteroatoms. The third-order valence-corrected chi connectivity index (χ3v) is 8.19. The molecule has 0 radical (unpaired) electrons. The van der Waals surface area contributed by atoms with Crippen LogP contribution in [-0.2, 0) is 34.7 Å². The molecule has 3 aromatic rings. The van der Waals surface area contributed by atoms with Crippen LogP contribution in [-0.4, -0.2) is 20.6 Å². The van der Waals surface area contributed by atoms with Crippen molar-refractivity contribution in [3.05, 3.63) is 61.7 Å². The Kier molecular flexibility index (Phi) is 3.89. The standard InChI is InChI=1S/C26H24FN3O4/c1-11-13-4-5-18(28)21-14-9-30-20(23(14)29-19(22(13)21)7-17(11)27)6-16-15(24(30)31)10-34-25(32)26(16,33)8-12-2-3-12/h6-7,12,18,33H,2-5,8-10,28H2,1H3/t18-,26+/m1/s1. The largest absolute Gasteiger partial charge is 0.458 e. The summed E-state index contributed by atoms with van der Waals surface area (Å²) in [5.41, 5.74) is 10.0. The number of hydrogen-bond acceptors (Lipinski definition) is 6. The van der Waals surface area contributed by atoms with Gasteiger partial charge in [-0.1, -0.05) is 12.8 Å². The number of pyridine rings is 2. The molecule has 0 amide bonds. The van der Waals surface area contributed by atoms with Crippen molar-refractivity contribution < 1.29 is 19.0 Å². The average molecular weight is 461 g/mol. The molecule has 4 heterocycles. The second-order valence-electron chi connectivity index (χ2n) is 10.3. The van der Waals surface area contributed by atoms with E-state index in [-0.39, 0.29) is 36.4 Å². The smallest absolute Gasteiger partial charge is 0.343 e. The van der Waals surface area contributed by atoms with E-state index < -0.39 is 11.6 Å². The molecule has 7 rings (SSSR count). The monoisotopic (exact) mass is 461 g/mol. The van der Waals surface area contributed by atoms with E-state index in [4.69, 9.17) is 15.5 Å². The Bertz CT molecular complexity index is 1520. The molecule has 3 N–H and O–H groups in total. The van der Waals surface area contributed by atoms with Crippen molar-refractivity contribution in [3.8, 4) is 11.4 Å². The van der Waals surface area contributed by atoms with Crippen LogP contribution >= 0.6 is 0 Å². The van der Waals surface area contributed by atoms with Crippen molar-refractivity contribution in [2.75, 3.05) is 0 Å². The van der Waals surface area contributed by atoms with Gasteiger partial charge in [-0.3, -0.25) is 4.79 Å². The lowest BCUT2D eigenvalue weighted by Gasteiger charge is -2.32. The zero-order chi connectivity index (χ0) is 23.5. The molecule has 34 heavy (non-hydrogen) atoms. The number of fused-ring (bicyclic) bond motifs is 5. The molecular formula is C26H24FN3O4. The van der Waals surface area contributed by atoms with Gasteiger partial charge < -0.3 is 20.1 Å². The van der Waals surface area contributed by atoms with E-state index in [1.54, 1.807) is 17.6 Å². The van der Waals surface area contributed by atoms with Crippen LogP contribution in [0.5, 0.6) is 0 Å². The summed E-state index contributed by atoms with van der Waals surface area (Å²) in [4.78, 5) is 31.1. The molecule has 1 aromatic carbocycles. The van der Waals surface area contributed by atoms with E-state index in [1.165, 1.54) is 6.07 Å². The van der Waals surface area contributed by atoms with E-state index in [9.17, 15) is 19.1 Å². The van der Waals surface area contributed by atoms with Crippen LogP contribution in [0.4, 0.5) is 4.39 Å². The molecule has 2 aliphatic carbocycles. The third-order valence-electron chi connectivity index (χ3n) is 8.19. The summed E-state index contributed by atoms with van der Waals surface area (Å²) in [7, 11) is 0. The predicted molar refractivity (Wildman–Crippen MR) is 122 cm³/mol. The second kappa shape index (κ2) is 6.52. The quantitative estimate of drug-likeness (QED) is 0.445. The molecular weight excluding hydrogens is 437 g/mol. The van der Waals surface area contributed by atoms with Gasteiger partial charge in [0.05, 0.1) is 29.0 Å². The van der Waals surface area contributed by atoms with Gasteiger partial charge in [0.15, 0.2) is 5.60 Å². The van der Waals surface area contributed by atoms with Gasteiger partial charge in [0.25, 0.3) is 5.56 Å². The number of nitrogens with zero attached hydrogens (tertiary/aromatic N) is 2. The average Bonchev–Trinajstić information content (AvgIpc) is 3.54. The number of aromatic nitrogens is 2. The van der Waals surface area contributed by atoms with Crippen LogP contribution in [0.2, 0.25) is 0 Å². The van der Waals surface area contributed by atoms with E-state index >= 15 is 0 Å². The number of halogens is 1. The molecule has 0 bridgehead atoms. The molecule has 2 atom stereocenters. The highest BCUT2D eigenvalue weighted by atomic mass is 19.1. The van der Waals surface area contributed by atoms with Crippen LogP contribution in [0, 0.1) is 18.7 Å². The number of benzene rings is 1. The lowest BCUT2D eigenvalue weighted by molar-refractivity contribution is -0.173. The lowest BCUT2D eigenvalue weighted by Crippen LogP contribution is -2.45. The van der Waals surface area contributed by atoms with Gasteiger partial charge in [-0.05, 0) is 54.9 Å². The lowest BCUT2D eigenvalue weighted by atomic mass is 9.82. The summed E-state index contributed by atoms with van der Waals surface area (Å²) in [5, 5.41) is 12.3. The highest BCUT2D eigenvalue weighted by Gasteiger charge is 2.49. The zero-order valence-corrected chi connectivity index (χ0v) is 18.8. The Morgan fingerprint density at radius 2 is 2.03 bits per heavy atom. The van der Waals surface area contributed by atoms with Crippen LogP contribution < -0.4 is 11.3 Å². The first-order valence-corrected chi connectivity index (χ1v) is 11.8. The molecule has 7 nitrogen and oxygen atoms in total. The van der Waals surface area contributed by atoms with Crippen LogP contribution in [0.1, 0.15) is 65.1 Å². The van der Waals surface area contributed by atoms with Crippen molar-refractivity contribution >= 4 is 16.9 Å². The first-order chi connectivity index (χ1) is 16.3. The van der Waals surface area contributed by atoms with Crippen molar-refractivity contribution in [3.63, 3.8) is 0 Å². The molecule has 0 saturated heterocycles. The van der Waals surface area contributed by atoms with Crippen LogP contribution in [0.3, 0.4) is 0 Å². The Balaban J connectivity index is 1.52. The molecule has 2 aromatic heterocycles. The minimum absolute atomic E-state index is 0.160. The van der Waals surface area contributed by atoms with E-state index in [0.29, 0.717) is 53.0 Å². The van der Waals surface area contributed by atoms with Crippen LogP contribution in [0.15, 0.2) is 16.9 Å². The number of carbonyl (C=O) groups is 1. The minimum atomic E-state index is -1.84. The number of aliphatic hydroxyl groups is 1. The Morgan fingerprint density at radius 3 is 2.79 bits per heavy atom. The normalized spacial score (nSPS) is 24.6. The topological polar surface area (TPSA) is 107 Å². The number of rotatable bonds is 2. The summed E-state index contributed by atoms with van der Waals surface area (Å²) in [5.74, 6) is -0.778. The van der Waals surface area contributed by atoms with Gasteiger partial charge in [-0.15, -0.1) is 0 Å². The highest BCUT2D eigenvalue weighted by molar-refractivity contribution is 5.93. The number of cyclic esters (lactones) is 1. The van der Waals surface area contributed by atoms with Gasteiger partial charge in [-0.2, -0.15) is 0 Å². The fourth-order valence-electron chi connectivity index (χ4n) is 6.19. The molecule has 0 unspecified atom stereocenters. The van der Waals surface area contributed by atoms with E-state index in [1.807, 2.05) is 0 Å². The Hall–Kier alpha value is -3.10. The second-order valence-corrected chi connectivity index (χ2v) is 10.3. The molecule has 1 fully saturated rings. The maximum atomic E-state index is 14.7. The SMILES string of the molecule is Cc1c(F)cc2nc3c(c4c2c1CC[C@H]4N)Cn1c-3cc2c(c1=O)COC(=O)[C@]2(O)CC1CC1. The molecule has 174 valence electrons. The molecule has 4 aliphatic rings. The predicted octanol–water partition coefficient (Wildman–Crippen LogP) is 2.86. The van der Waals surface area contributed by atoms with Crippen molar-refractivity contribution in [1.29, 1.82) is 0 Å². The number of esters is 1. The number of nitrogens with two attached hydrogens (primary N) is 1. The van der Waals surface area contributed by atoms with Gasteiger partial charge in [0.1, 0.15) is 12.4 Å². The number of hydrogen-bond donors (Lipinski definition) is 2. The van der Waals surface area contributed by atoms with Crippen molar-refractivity contribution in [1.82, 2.24) is 9.55 Å². The van der Waals surface area contributed by atoms with Gasteiger partial charge in [-0.25, -0.2) is 14.2 Å². The maximum Gasteiger partial charge on any atom is 0.343 e. The van der Waals surface area contributed by atoms with Crippen molar-refractivity contribution in [2.24, 2.45) is 11.7 Å². The number of aryl methyl sites for hydroxylation is 1. The zero-order valence-electron chi connectivity index (χ0n) is 18.8. The number of carbonyl (C=O) groups excluding carboxylic acids is 1. The summed E-state index contributed by atoms with van der Waals surface area (Å²) < 4.78 is 21.6. The van der Waals surface area contributed by atoms with E-state index in [2.05, 4.69) is 0 Å². The Morgan fingerprint density at radius 1 is 1.24 bits per heavy atom. The summed E-state index contributed by atoms with van der Waals surface area (Å²) in [6.45, 7) is 1.92.